The fourth-order valence-electron chi connectivity index (χ4n) is 1.72. The van der Waals surface area contributed by atoms with Crippen LogP contribution < -0.4 is 11.1 Å². The average molecular weight is 341 g/mol. The third-order valence-corrected chi connectivity index (χ3v) is 6.45. The summed E-state index contributed by atoms with van der Waals surface area (Å²) in [6.45, 7) is 0. The molecule has 0 saturated carbocycles. The second-order valence-corrected chi connectivity index (χ2v) is 7.75. The molecule has 0 atom stereocenters. The van der Waals surface area contributed by atoms with E-state index in [1.54, 1.807) is 28.9 Å². The largest absolute Gasteiger partial charge is 0.462 e. The van der Waals surface area contributed by atoms with E-state index in [2.05, 4.69) is 10.3 Å². The summed E-state index contributed by atoms with van der Waals surface area (Å²) < 4.78 is 5.19. The van der Waals surface area contributed by atoms with Crippen LogP contribution in [0.15, 0.2) is 22.1 Å². The number of nitrogens with one attached hydrogen (secondary N) is 1. The molecule has 0 aromatic carbocycles. The first-order valence-electron chi connectivity index (χ1n) is 6.02. The van der Waals surface area contributed by atoms with Gasteiger partial charge < -0.3 is 15.5 Å². The average Bonchev–Trinajstić information content (AvgIpc) is 3.20. The quantitative estimate of drug-likeness (QED) is 0.885. The Labute approximate surface area is 132 Å². The zero-order chi connectivity index (χ0) is 14.8. The maximum atomic E-state index is 12.0. The van der Waals surface area contributed by atoms with Crippen molar-refractivity contribution in [2.75, 3.05) is 16.8 Å². The van der Waals surface area contributed by atoms with Crippen molar-refractivity contribution in [2.45, 2.75) is 4.58 Å². The molecule has 1 fully saturated rings. The number of hydrogen-bond donors (Lipinski definition) is 2. The molecule has 0 aliphatic carbocycles. The standard InChI is InChI=1S/C12H11N3O3S3/c13-9(16)6-3-8(18-4-6)7-5-21-12(14-7)15-10(17)11-19-1-2-20-11/h3-5,11H,1-2H2,(H2,13,16)(H,14,15,17). The Morgan fingerprint density at radius 2 is 2.14 bits per heavy atom. The number of thioether (sulfide) groups is 2. The van der Waals surface area contributed by atoms with Gasteiger partial charge in [-0.15, -0.1) is 34.9 Å². The van der Waals surface area contributed by atoms with E-state index < -0.39 is 5.91 Å². The number of amides is 2. The van der Waals surface area contributed by atoms with Crippen molar-refractivity contribution in [2.24, 2.45) is 5.73 Å². The topological polar surface area (TPSA) is 98.2 Å². The van der Waals surface area contributed by atoms with E-state index >= 15 is 0 Å². The number of primary amides is 1. The SMILES string of the molecule is NC(=O)c1coc(-c2csc(NC(=O)C3SCCS3)n2)c1. The van der Waals surface area contributed by atoms with Gasteiger partial charge in [-0.2, -0.15) is 0 Å². The van der Waals surface area contributed by atoms with Gasteiger partial charge in [-0.3, -0.25) is 9.59 Å². The molecule has 6 nitrogen and oxygen atoms in total. The van der Waals surface area contributed by atoms with Crippen LogP contribution in [0.1, 0.15) is 10.4 Å². The number of rotatable bonds is 4. The first kappa shape index (κ1) is 14.5. The number of nitrogens with two attached hydrogens (primary N) is 1. The normalized spacial score (nSPS) is 15.2. The number of nitrogens with zero attached hydrogens (tertiary/aromatic N) is 1. The van der Waals surface area contributed by atoms with Gasteiger partial charge >= 0.3 is 0 Å². The first-order chi connectivity index (χ1) is 10.1. The summed E-state index contributed by atoms with van der Waals surface area (Å²) in [5.41, 5.74) is 6.03. The van der Waals surface area contributed by atoms with Gasteiger partial charge in [-0.05, 0) is 6.07 Å². The molecular weight excluding hydrogens is 330 g/mol. The molecule has 2 aromatic heterocycles. The molecule has 3 N–H and O–H groups in total. The highest BCUT2D eigenvalue weighted by molar-refractivity contribution is 8.21. The van der Waals surface area contributed by atoms with Crippen LogP contribution in [0.2, 0.25) is 0 Å². The Kier molecular flexibility index (Phi) is 4.22. The third-order valence-electron chi connectivity index (χ3n) is 2.71. The number of carbonyl (C=O) groups is 2. The van der Waals surface area contributed by atoms with Crippen LogP contribution in [0.25, 0.3) is 11.5 Å². The molecule has 2 aromatic rings. The zero-order valence-corrected chi connectivity index (χ0v) is 13.1. The second kappa shape index (κ2) is 6.12. The molecule has 1 aliphatic rings. The summed E-state index contributed by atoms with van der Waals surface area (Å²) in [5, 5.41) is 5.07. The molecule has 2 amide bonds. The van der Waals surface area contributed by atoms with Crippen molar-refractivity contribution < 1.29 is 14.0 Å². The zero-order valence-electron chi connectivity index (χ0n) is 10.7. The molecular formula is C12H11N3O3S3. The first-order valence-corrected chi connectivity index (χ1v) is 8.99. The number of carbonyl (C=O) groups excluding carboxylic acids is 2. The predicted octanol–water partition coefficient (Wildman–Crippen LogP) is 2.25. The maximum Gasteiger partial charge on any atom is 0.251 e. The molecule has 3 rings (SSSR count). The van der Waals surface area contributed by atoms with Crippen LogP contribution in [0.3, 0.4) is 0 Å². The van der Waals surface area contributed by atoms with Gasteiger partial charge in [0.15, 0.2) is 10.9 Å². The minimum absolute atomic E-state index is 0.0410. The van der Waals surface area contributed by atoms with E-state index in [9.17, 15) is 9.59 Å². The molecule has 0 bridgehead atoms. The van der Waals surface area contributed by atoms with Gasteiger partial charge in [0.1, 0.15) is 16.5 Å². The minimum atomic E-state index is -0.552. The molecule has 110 valence electrons. The summed E-state index contributed by atoms with van der Waals surface area (Å²) in [4.78, 5) is 27.3. The van der Waals surface area contributed by atoms with Crippen LogP contribution in [0.5, 0.6) is 0 Å². The van der Waals surface area contributed by atoms with Gasteiger partial charge in [0.2, 0.25) is 5.91 Å². The number of hydrogen-bond acceptors (Lipinski definition) is 7. The van der Waals surface area contributed by atoms with Crippen molar-refractivity contribution >= 4 is 51.8 Å². The van der Waals surface area contributed by atoms with Gasteiger partial charge in [0.25, 0.3) is 5.91 Å². The van der Waals surface area contributed by atoms with Crippen molar-refractivity contribution in [3.8, 4) is 11.5 Å². The van der Waals surface area contributed by atoms with E-state index in [-0.39, 0.29) is 10.5 Å². The fourth-order valence-corrected chi connectivity index (χ4v) is 5.00. The van der Waals surface area contributed by atoms with Crippen molar-refractivity contribution in [1.82, 2.24) is 4.98 Å². The van der Waals surface area contributed by atoms with Crippen molar-refractivity contribution in [1.29, 1.82) is 0 Å². The lowest BCUT2D eigenvalue weighted by atomic mass is 10.3. The summed E-state index contributed by atoms with van der Waals surface area (Å²) >= 11 is 4.59. The summed E-state index contributed by atoms with van der Waals surface area (Å²) in [7, 11) is 0. The van der Waals surface area contributed by atoms with Gasteiger partial charge in [0, 0.05) is 16.9 Å². The molecule has 1 saturated heterocycles. The highest BCUT2D eigenvalue weighted by Gasteiger charge is 2.25. The summed E-state index contributed by atoms with van der Waals surface area (Å²) in [6, 6.07) is 1.53. The Hall–Kier alpha value is -1.45. The molecule has 1 aliphatic heterocycles. The van der Waals surface area contributed by atoms with Crippen LogP contribution in [0, 0.1) is 0 Å². The lowest BCUT2D eigenvalue weighted by Crippen LogP contribution is -2.20. The number of anilines is 1. The summed E-state index contributed by atoms with van der Waals surface area (Å²) in [5.74, 6) is 1.84. The Morgan fingerprint density at radius 1 is 1.38 bits per heavy atom. The van der Waals surface area contributed by atoms with E-state index in [4.69, 9.17) is 10.2 Å². The van der Waals surface area contributed by atoms with E-state index in [0.29, 0.717) is 22.1 Å². The highest BCUT2D eigenvalue weighted by Crippen LogP contribution is 2.33. The Morgan fingerprint density at radius 3 is 2.81 bits per heavy atom. The van der Waals surface area contributed by atoms with Gasteiger partial charge in [-0.1, -0.05) is 0 Å². The molecule has 9 heteroatoms. The van der Waals surface area contributed by atoms with Crippen LogP contribution in [-0.2, 0) is 4.79 Å². The van der Waals surface area contributed by atoms with E-state index in [0.717, 1.165) is 11.5 Å². The number of thiazole rings is 1. The van der Waals surface area contributed by atoms with E-state index in [1.165, 1.54) is 23.7 Å². The van der Waals surface area contributed by atoms with Crippen LogP contribution in [0.4, 0.5) is 5.13 Å². The highest BCUT2D eigenvalue weighted by atomic mass is 32.2. The smallest absolute Gasteiger partial charge is 0.251 e. The molecule has 0 unspecified atom stereocenters. The van der Waals surface area contributed by atoms with Gasteiger partial charge in [0.05, 0.1) is 5.56 Å². The lowest BCUT2D eigenvalue weighted by Gasteiger charge is -2.06. The second-order valence-electron chi connectivity index (χ2n) is 4.16. The number of aromatic nitrogens is 1. The maximum absolute atomic E-state index is 12.0. The third kappa shape index (κ3) is 3.25. The lowest BCUT2D eigenvalue weighted by molar-refractivity contribution is -0.114. The number of furan rings is 1. The Bertz CT molecular complexity index is 676. The Balaban J connectivity index is 1.70. The van der Waals surface area contributed by atoms with E-state index in [1.807, 2.05) is 0 Å². The molecule has 21 heavy (non-hydrogen) atoms. The molecule has 3 heterocycles. The predicted molar refractivity (Wildman–Crippen MR) is 85.7 cm³/mol. The molecule has 0 spiro atoms. The summed E-state index contributed by atoms with van der Waals surface area (Å²) in [6.07, 6.45) is 1.29. The minimum Gasteiger partial charge on any atom is -0.462 e. The fraction of sp³-hybridized carbons (Fsp3) is 0.250. The van der Waals surface area contributed by atoms with Gasteiger partial charge in [-0.25, -0.2) is 4.98 Å². The van der Waals surface area contributed by atoms with Crippen molar-refractivity contribution in [3.05, 3.63) is 23.3 Å². The monoisotopic (exact) mass is 341 g/mol. The van der Waals surface area contributed by atoms with Crippen LogP contribution in [-0.4, -0.2) is 32.9 Å². The van der Waals surface area contributed by atoms with Crippen LogP contribution >= 0.6 is 34.9 Å². The molecule has 0 radical (unpaired) electrons. The van der Waals surface area contributed by atoms with Crippen molar-refractivity contribution in [3.63, 3.8) is 0 Å².